The van der Waals surface area contributed by atoms with E-state index in [1.54, 1.807) is 35.2 Å². The van der Waals surface area contributed by atoms with E-state index in [4.69, 9.17) is 5.73 Å². The molecule has 3 N–H and O–H groups in total. The predicted octanol–water partition coefficient (Wildman–Crippen LogP) is 2.48. The van der Waals surface area contributed by atoms with Crippen LogP contribution in [0.2, 0.25) is 0 Å². The van der Waals surface area contributed by atoms with Gasteiger partial charge in [0.1, 0.15) is 6.04 Å². The standard InChI is InChI=1S/C18H19N3O3S/c19-16(22)12-6-8-13(9-7-12)20-17(23)14-4-1-2-10-21(14)18(24)15-5-3-11-25-15/h3,5-9,11,14H,1-2,4,10H2,(H2,19,22)(H,20,23). The zero-order valence-electron chi connectivity index (χ0n) is 13.6. The molecule has 1 aliphatic heterocycles. The van der Waals surface area contributed by atoms with Crippen molar-refractivity contribution in [3.05, 3.63) is 52.2 Å². The van der Waals surface area contributed by atoms with Gasteiger partial charge in [-0.25, -0.2) is 0 Å². The lowest BCUT2D eigenvalue weighted by molar-refractivity contribution is -0.121. The molecule has 130 valence electrons. The van der Waals surface area contributed by atoms with Crippen LogP contribution >= 0.6 is 11.3 Å². The first-order valence-electron chi connectivity index (χ1n) is 8.11. The molecule has 6 nitrogen and oxygen atoms in total. The van der Waals surface area contributed by atoms with Crippen molar-refractivity contribution < 1.29 is 14.4 Å². The number of amides is 3. The Labute approximate surface area is 149 Å². The summed E-state index contributed by atoms with van der Waals surface area (Å²) in [6.07, 6.45) is 2.45. The molecule has 1 atom stereocenters. The highest BCUT2D eigenvalue weighted by Gasteiger charge is 2.33. The number of carbonyl (C=O) groups excluding carboxylic acids is 3. The van der Waals surface area contributed by atoms with Gasteiger partial charge in [-0.3, -0.25) is 14.4 Å². The molecule has 1 aliphatic rings. The fraction of sp³-hybridized carbons (Fsp3) is 0.278. The van der Waals surface area contributed by atoms with Crippen LogP contribution in [0.5, 0.6) is 0 Å². The summed E-state index contributed by atoms with van der Waals surface area (Å²) in [7, 11) is 0. The van der Waals surface area contributed by atoms with E-state index in [1.807, 2.05) is 11.4 Å². The summed E-state index contributed by atoms with van der Waals surface area (Å²) in [6, 6.07) is 9.51. The quantitative estimate of drug-likeness (QED) is 0.880. The summed E-state index contributed by atoms with van der Waals surface area (Å²) in [4.78, 5) is 38.7. The van der Waals surface area contributed by atoms with Crippen LogP contribution in [0, 0.1) is 0 Å². The van der Waals surface area contributed by atoms with Crippen LogP contribution in [0.4, 0.5) is 5.69 Å². The van der Waals surface area contributed by atoms with Gasteiger partial charge in [0.05, 0.1) is 4.88 Å². The van der Waals surface area contributed by atoms with Gasteiger partial charge >= 0.3 is 0 Å². The average Bonchev–Trinajstić information content (AvgIpc) is 3.16. The van der Waals surface area contributed by atoms with Crippen LogP contribution in [-0.4, -0.2) is 35.2 Å². The second kappa shape index (κ2) is 7.48. The third-order valence-electron chi connectivity index (χ3n) is 4.24. The maximum Gasteiger partial charge on any atom is 0.264 e. The van der Waals surface area contributed by atoms with Crippen LogP contribution in [0.3, 0.4) is 0 Å². The monoisotopic (exact) mass is 357 g/mol. The Morgan fingerprint density at radius 2 is 1.88 bits per heavy atom. The lowest BCUT2D eigenvalue weighted by Crippen LogP contribution is -2.49. The van der Waals surface area contributed by atoms with Crippen LogP contribution in [-0.2, 0) is 4.79 Å². The van der Waals surface area contributed by atoms with Crippen molar-refractivity contribution in [2.45, 2.75) is 25.3 Å². The summed E-state index contributed by atoms with van der Waals surface area (Å²) in [6.45, 7) is 0.579. The molecule has 25 heavy (non-hydrogen) atoms. The second-order valence-electron chi connectivity index (χ2n) is 5.92. The summed E-state index contributed by atoms with van der Waals surface area (Å²) in [5.74, 6) is -0.826. The summed E-state index contributed by atoms with van der Waals surface area (Å²) < 4.78 is 0. The van der Waals surface area contributed by atoms with Crippen molar-refractivity contribution in [1.29, 1.82) is 0 Å². The third kappa shape index (κ3) is 3.88. The van der Waals surface area contributed by atoms with Gasteiger partial charge in [-0.15, -0.1) is 11.3 Å². The van der Waals surface area contributed by atoms with E-state index in [0.717, 1.165) is 12.8 Å². The van der Waals surface area contributed by atoms with Gasteiger partial charge in [-0.2, -0.15) is 0 Å². The van der Waals surface area contributed by atoms with Crippen molar-refractivity contribution in [2.75, 3.05) is 11.9 Å². The fourth-order valence-corrected chi connectivity index (χ4v) is 3.61. The number of likely N-dealkylation sites (tertiary alicyclic amines) is 1. The molecule has 1 aromatic carbocycles. The lowest BCUT2D eigenvalue weighted by atomic mass is 10.0. The van der Waals surface area contributed by atoms with Crippen LogP contribution in [0.15, 0.2) is 41.8 Å². The van der Waals surface area contributed by atoms with Crippen LogP contribution in [0.1, 0.15) is 39.3 Å². The minimum Gasteiger partial charge on any atom is -0.366 e. The van der Waals surface area contributed by atoms with E-state index in [1.165, 1.54) is 11.3 Å². The van der Waals surface area contributed by atoms with Gasteiger partial charge in [0, 0.05) is 17.8 Å². The number of nitrogens with two attached hydrogens (primary N) is 1. The summed E-state index contributed by atoms with van der Waals surface area (Å²) in [5.41, 5.74) is 6.16. The number of anilines is 1. The Balaban J connectivity index is 1.72. The highest BCUT2D eigenvalue weighted by molar-refractivity contribution is 7.12. The van der Waals surface area contributed by atoms with E-state index in [9.17, 15) is 14.4 Å². The molecule has 0 spiro atoms. The van der Waals surface area contributed by atoms with E-state index in [2.05, 4.69) is 5.32 Å². The minimum atomic E-state index is -0.516. The molecule has 0 radical (unpaired) electrons. The van der Waals surface area contributed by atoms with E-state index in [-0.39, 0.29) is 11.8 Å². The first-order valence-corrected chi connectivity index (χ1v) is 8.99. The summed E-state index contributed by atoms with van der Waals surface area (Å²) in [5, 5.41) is 4.68. The lowest BCUT2D eigenvalue weighted by Gasteiger charge is -2.34. The topological polar surface area (TPSA) is 92.5 Å². The molecule has 2 aromatic rings. The molecule has 2 heterocycles. The first kappa shape index (κ1) is 17.2. The SMILES string of the molecule is NC(=O)c1ccc(NC(=O)C2CCCCN2C(=O)c2cccs2)cc1. The molecule has 3 amide bonds. The maximum atomic E-state index is 12.7. The Morgan fingerprint density at radius 3 is 2.52 bits per heavy atom. The first-order chi connectivity index (χ1) is 12.1. The number of nitrogens with zero attached hydrogens (tertiary/aromatic N) is 1. The van der Waals surface area contributed by atoms with Gasteiger partial charge in [0.2, 0.25) is 11.8 Å². The zero-order chi connectivity index (χ0) is 17.8. The number of piperidine rings is 1. The van der Waals surface area contributed by atoms with Crippen molar-refractivity contribution in [3.63, 3.8) is 0 Å². The number of hydrogen-bond donors (Lipinski definition) is 2. The van der Waals surface area contributed by atoms with Crippen LogP contribution in [0.25, 0.3) is 0 Å². The van der Waals surface area contributed by atoms with Crippen molar-refractivity contribution >= 4 is 34.7 Å². The molecule has 0 saturated carbocycles. The van der Waals surface area contributed by atoms with Gasteiger partial charge in [-0.05, 0) is 55.0 Å². The smallest absolute Gasteiger partial charge is 0.264 e. The number of nitrogens with one attached hydrogen (secondary N) is 1. The molecular weight excluding hydrogens is 338 g/mol. The van der Waals surface area contributed by atoms with Gasteiger partial charge < -0.3 is 16.0 Å². The highest BCUT2D eigenvalue weighted by Crippen LogP contribution is 2.23. The third-order valence-corrected chi connectivity index (χ3v) is 5.09. The van der Waals surface area contributed by atoms with Crippen molar-refractivity contribution in [3.8, 4) is 0 Å². The molecule has 3 rings (SSSR count). The van der Waals surface area contributed by atoms with Gasteiger partial charge in [0.15, 0.2) is 0 Å². The van der Waals surface area contributed by atoms with Crippen molar-refractivity contribution in [1.82, 2.24) is 4.90 Å². The maximum absolute atomic E-state index is 12.7. The molecule has 1 saturated heterocycles. The number of carbonyl (C=O) groups is 3. The Bertz CT molecular complexity index is 771. The molecule has 7 heteroatoms. The number of rotatable bonds is 4. The average molecular weight is 357 g/mol. The van der Waals surface area contributed by atoms with E-state index >= 15 is 0 Å². The number of primary amides is 1. The van der Waals surface area contributed by atoms with Crippen LogP contribution < -0.4 is 11.1 Å². The van der Waals surface area contributed by atoms with E-state index in [0.29, 0.717) is 29.1 Å². The molecule has 1 aromatic heterocycles. The van der Waals surface area contributed by atoms with E-state index < -0.39 is 11.9 Å². The number of thiophene rings is 1. The largest absolute Gasteiger partial charge is 0.366 e. The zero-order valence-corrected chi connectivity index (χ0v) is 14.4. The molecule has 0 aliphatic carbocycles. The number of hydrogen-bond acceptors (Lipinski definition) is 4. The Hall–Kier alpha value is -2.67. The molecular formula is C18H19N3O3S. The summed E-state index contributed by atoms with van der Waals surface area (Å²) >= 11 is 1.38. The Morgan fingerprint density at radius 1 is 1.12 bits per heavy atom. The number of benzene rings is 1. The molecule has 0 bridgehead atoms. The molecule has 1 unspecified atom stereocenters. The van der Waals surface area contributed by atoms with Gasteiger partial charge in [-0.1, -0.05) is 6.07 Å². The predicted molar refractivity (Wildman–Crippen MR) is 96.6 cm³/mol. The van der Waals surface area contributed by atoms with Crippen molar-refractivity contribution in [2.24, 2.45) is 5.73 Å². The molecule has 1 fully saturated rings. The highest BCUT2D eigenvalue weighted by atomic mass is 32.1. The van der Waals surface area contributed by atoms with Gasteiger partial charge in [0.25, 0.3) is 5.91 Å². The minimum absolute atomic E-state index is 0.0982. The Kier molecular flexibility index (Phi) is 5.14. The normalized spacial score (nSPS) is 17.1. The second-order valence-corrected chi connectivity index (χ2v) is 6.87. The fourth-order valence-electron chi connectivity index (χ4n) is 2.93.